The number of anilines is 1. The van der Waals surface area contributed by atoms with Crippen LogP contribution in [0.15, 0.2) is 58.4 Å². The van der Waals surface area contributed by atoms with E-state index in [2.05, 4.69) is 21.2 Å². The predicted octanol–water partition coefficient (Wildman–Crippen LogP) is 6.22. The monoisotopic (exact) mass is 437 g/mol. The van der Waals surface area contributed by atoms with Crippen LogP contribution in [-0.4, -0.2) is 13.0 Å². The fourth-order valence-electron chi connectivity index (χ4n) is 2.09. The van der Waals surface area contributed by atoms with E-state index in [4.69, 9.17) is 21.1 Å². The van der Waals surface area contributed by atoms with Crippen LogP contribution < -0.4 is 14.8 Å². The Kier molecular flexibility index (Phi) is 5.63. The first-order valence-electron chi connectivity index (χ1n) is 7.22. The molecule has 1 heterocycles. The number of carbonyl (C=O) groups is 1. The molecule has 0 aliphatic rings. The van der Waals surface area contributed by atoms with Gasteiger partial charge in [-0.2, -0.15) is 0 Å². The molecule has 0 aliphatic carbocycles. The van der Waals surface area contributed by atoms with Crippen molar-refractivity contribution in [2.75, 3.05) is 12.4 Å². The third kappa shape index (κ3) is 4.34. The maximum absolute atomic E-state index is 12.4. The van der Waals surface area contributed by atoms with E-state index in [9.17, 15) is 4.79 Å². The lowest BCUT2D eigenvalue weighted by atomic mass is 10.2. The topological polar surface area (TPSA) is 47.6 Å². The molecule has 0 fully saturated rings. The highest BCUT2D eigenvalue weighted by molar-refractivity contribution is 9.10. The lowest BCUT2D eigenvalue weighted by molar-refractivity contribution is 0.102. The zero-order valence-electron chi connectivity index (χ0n) is 13.1. The molecule has 1 N–H and O–H groups in total. The number of methoxy groups -OCH3 is 1. The van der Waals surface area contributed by atoms with Crippen LogP contribution >= 0.6 is 38.9 Å². The largest absolute Gasteiger partial charge is 0.497 e. The highest BCUT2D eigenvalue weighted by Gasteiger charge is 2.15. The van der Waals surface area contributed by atoms with Gasteiger partial charge in [0.1, 0.15) is 16.4 Å². The fourth-order valence-corrected chi connectivity index (χ4v) is 3.71. The number of hydrogen-bond acceptors (Lipinski definition) is 4. The number of benzene rings is 2. The van der Waals surface area contributed by atoms with Gasteiger partial charge in [0.05, 0.1) is 12.8 Å². The SMILES string of the molecule is COc1ccc(Oc2ccc(Cl)cc2NC(=O)c2sccc2Br)cc1. The molecule has 0 bridgehead atoms. The van der Waals surface area contributed by atoms with Gasteiger partial charge in [-0.3, -0.25) is 4.79 Å². The molecule has 0 spiro atoms. The molecule has 25 heavy (non-hydrogen) atoms. The van der Waals surface area contributed by atoms with Crippen LogP contribution in [0.1, 0.15) is 9.67 Å². The van der Waals surface area contributed by atoms with E-state index in [1.54, 1.807) is 49.6 Å². The molecule has 128 valence electrons. The number of rotatable bonds is 5. The number of ether oxygens (including phenoxy) is 2. The molecule has 2 aromatic carbocycles. The van der Waals surface area contributed by atoms with Crippen molar-refractivity contribution in [2.45, 2.75) is 0 Å². The maximum atomic E-state index is 12.4. The highest BCUT2D eigenvalue weighted by Crippen LogP contribution is 2.34. The first kappa shape index (κ1) is 17.8. The molecule has 0 unspecified atom stereocenters. The van der Waals surface area contributed by atoms with E-state index < -0.39 is 0 Å². The molecular weight excluding hydrogens is 426 g/mol. The van der Waals surface area contributed by atoms with Gasteiger partial charge >= 0.3 is 0 Å². The minimum absolute atomic E-state index is 0.233. The van der Waals surface area contributed by atoms with Gasteiger partial charge in [0.25, 0.3) is 5.91 Å². The van der Waals surface area contributed by atoms with Gasteiger partial charge in [-0.25, -0.2) is 0 Å². The zero-order valence-corrected chi connectivity index (χ0v) is 16.2. The van der Waals surface area contributed by atoms with Crippen LogP contribution in [0.4, 0.5) is 5.69 Å². The van der Waals surface area contributed by atoms with Crippen LogP contribution in [0, 0.1) is 0 Å². The van der Waals surface area contributed by atoms with Crippen molar-refractivity contribution in [3.63, 3.8) is 0 Å². The summed E-state index contributed by atoms with van der Waals surface area (Å²) >= 11 is 10.8. The molecule has 0 atom stereocenters. The molecule has 0 saturated carbocycles. The summed E-state index contributed by atoms with van der Waals surface area (Å²) < 4.78 is 11.8. The number of hydrogen-bond donors (Lipinski definition) is 1. The Morgan fingerprint density at radius 3 is 2.48 bits per heavy atom. The second-order valence-electron chi connectivity index (χ2n) is 4.97. The summed E-state index contributed by atoms with van der Waals surface area (Å²) in [5, 5.41) is 5.19. The molecule has 3 aromatic rings. The van der Waals surface area contributed by atoms with Gasteiger partial charge in [-0.05, 0) is 69.8 Å². The average Bonchev–Trinajstić information content (AvgIpc) is 3.04. The highest BCUT2D eigenvalue weighted by atomic mass is 79.9. The summed E-state index contributed by atoms with van der Waals surface area (Å²) in [6.07, 6.45) is 0. The Morgan fingerprint density at radius 2 is 1.84 bits per heavy atom. The fraction of sp³-hybridized carbons (Fsp3) is 0.0556. The molecule has 0 radical (unpaired) electrons. The second-order valence-corrected chi connectivity index (χ2v) is 7.18. The van der Waals surface area contributed by atoms with Crippen molar-refractivity contribution in [1.29, 1.82) is 0 Å². The Bertz CT molecular complexity index is 896. The number of amides is 1. The molecule has 4 nitrogen and oxygen atoms in total. The number of carbonyl (C=O) groups excluding carboxylic acids is 1. The molecule has 1 amide bonds. The third-order valence-corrected chi connectivity index (χ3v) is 5.37. The average molecular weight is 439 g/mol. The number of halogens is 2. The molecule has 7 heteroatoms. The summed E-state index contributed by atoms with van der Waals surface area (Å²) in [4.78, 5) is 13.0. The molecule has 1 aromatic heterocycles. The van der Waals surface area contributed by atoms with E-state index in [0.29, 0.717) is 27.1 Å². The van der Waals surface area contributed by atoms with Crippen LogP contribution in [0.5, 0.6) is 17.2 Å². The Morgan fingerprint density at radius 1 is 1.12 bits per heavy atom. The van der Waals surface area contributed by atoms with Crippen molar-refractivity contribution in [1.82, 2.24) is 0 Å². The molecule has 3 rings (SSSR count). The van der Waals surface area contributed by atoms with Crippen LogP contribution in [-0.2, 0) is 0 Å². The normalized spacial score (nSPS) is 10.4. The Balaban J connectivity index is 1.84. The molecule has 0 aliphatic heterocycles. The molecular formula is C18H13BrClNO3S. The van der Waals surface area contributed by atoms with Crippen molar-refractivity contribution in [2.24, 2.45) is 0 Å². The van der Waals surface area contributed by atoms with E-state index in [0.717, 1.165) is 10.2 Å². The quantitative estimate of drug-likeness (QED) is 0.514. The van der Waals surface area contributed by atoms with E-state index in [1.807, 2.05) is 11.4 Å². The number of nitrogens with one attached hydrogen (secondary N) is 1. The first-order valence-corrected chi connectivity index (χ1v) is 9.27. The third-order valence-electron chi connectivity index (χ3n) is 3.30. The van der Waals surface area contributed by atoms with Crippen molar-refractivity contribution < 1.29 is 14.3 Å². The summed E-state index contributed by atoms with van der Waals surface area (Å²) in [6.45, 7) is 0. The Labute approximate surface area is 162 Å². The van der Waals surface area contributed by atoms with Crippen molar-refractivity contribution in [3.8, 4) is 17.2 Å². The van der Waals surface area contributed by atoms with Gasteiger partial charge in [0.15, 0.2) is 5.75 Å². The summed E-state index contributed by atoms with van der Waals surface area (Å²) in [6, 6.07) is 14.1. The van der Waals surface area contributed by atoms with E-state index >= 15 is 0 Å². The van der Waals surface area contributed by atoms with Gasteiger partial charge in [0.2, 0.25) is 0 Å². The van der Waals surface area contributed by atoms with Gasteiger partial charge < -0.3 is 14.8 Å². The van der Waals surface area contributed by atoms with Crippen LogP contribution in [0.2, 0.25) is 5.02 Å². The minimum atomic E-state index is -0.233. The molecule has 0 saturated heterocycles. The minimum Gasteiger partial charge on any atom is -0.497 e. The van der Waals surface area contributed by atoms with E-state index in [1.165, 1.54) is 11.3 Å². The number of thiophene rings is 1. The second kappa shape index (κ2) is 7.91. The van der Waals surface area contributed by atoms with E-state index in [-0.39, 0.29) is 5.91 Å². The van der Waals surface area contributed by atoms with Gasteiger partial charge in [-0.1, -0.05) is 11.6 Å². The van der Waals surface area contributed by atoms with Crippen molar-refractivity contribution >= 4 is 50.5 Å². The smallest absolute Gasteiger partial charge is 0.266 e. The maximum Gasteiger partial charge on any atom is 0.266 e. The standard InChI is InChI=1S/C18H13BrClNO3S/c1-23-12-3-5-13(6-4-12)24-16-7-2-11(20)10-15(16)21-18(22)17-14(19)8-9-25-17/h2-10H,1H3,(H,21,22). The zero-order chi connectivity index (χ0) is 17.8. The van der Waals surface area contributed by atoms with Gasteiger partial charge in [0, 0.05) is 9.50 Å². The summed E-state index contributed by atoms with van der Waals surface area (Å²) in [7, 11) is 1.60. The van der Waals surface area contributed by atoms with Crippen LogP contribution in [0.3, 0.4) is 0 Å². The Hall–Kier alpha value is -2.02. The lowest BCUT2D eigenvalue weighted by Gasteiger charge is -2.13. The first-order chi connectivity index (χ1) is 12.1. The summed E-state index contributed by atoms with van der Waals surface area (Å²) in [5.41, 5.74) is 0.494. The van der Waals surface area contributed by atoms with Gasteiger partial charge in [-0.15, -0.1) is 11.3 Å². The lowest BCUT2D eigenvalue weighted by Crippen LogP contribution is -2.11. The summed E-state index contributed by atoms with van der Waals surface area (Å²) in [5.74, 6) is 1.62. The van der Waals surface area contributed by atoms with Crippen molar-refractivity contribution in [3.05, 3.63) is 68.3 Å². The van der Waals surface area contributed by atoms with Crippen LogP contribution in [0.25, 0.3) is 0 Å². The predicted molar refractivity (Wildman–Crippen MR) is 104 cm³/mol.